The van der Waals surface area contributed by atoms with Gasteiger partial charge in [0.2, 0.25) is 0 Å². The number of carboxylic acid groups (broad SMARTS) is 1. The molecule has 0 amide bonds. The minimum absolute atomic E-state index is 0.0765. The highest BCUT2D eigenvalue weighted by molar-refractivity contribution is 8.05. The van der Waals surface area contributed by atoms with Crippen molar-refractivity contribution in [3.05, 3.63) is 76.9 Å². The molecule has 0 fully saturated rings. The first-order valence-electron chi connectivity index (χ1n) is 8.82. The first-order chi connectivity index (χ1) is 13.4. The summed E-state index contributed by atoms with van der Waals surface area (Å²) < 4.78 is 30.9. The normalized spacial score (nSPS) is 16.0. The topological polar surface area (TPSA) is 97.7 Å². The second-order valence-corrected chi connectivity index (χ2v) is 8.58. The van der Waals surface area contributed by atoms with E-state index in [1.165, 1.54) is 0 Å². The lowest BCUT2D eigenvalue weighted by atomic mass is 9.90. The Balaban J connectivity index is 1.82. The van der Waals surface area contributed by atoms with E-state index in [0.29, 0.717) is 22.3 Å². The third-order valence-corrected chi connectivity index (χ3v) is 6.37. The van der Waals surface area contributed by atoms with Crippen LogP contribution >= 0.6 is 0 Å². The Hall–Kier alpha value is -2.93. The van der Waals surface area contributed by atoms with Crippen LogP contribution in [0.15, 0.2) is 60.2 Å². The van der Waals surface area contributed by atoms with Crippen LogP contribution in [0.4, 0.5) is 4.79 Å². The van der Waals surface area contributed by atoms with Gasteiger partial charge >= 0.3 is 11.3 Å². The molecule has 0 aliphatic heterocycles. The average Bonchev–Trinajstić information content (AvgIpc) is 2.70. The van der Waals surface area contributed by atoms with Crippen molar-refractivity contribution in [1.82, 2.24) is 0 Å². The Morgan fingerprint density at radius 2 is 1.71 bits per heavy atom. The van der Waals surface area contributed by atoms with Crippen LogP contribution in [0.3, 0.4) is 0 Å². The number of sulfone groups is 1. The summed E-state index contributed by atoms with van der Waals surface area (Å²) in [5.74, 6) is -0.957. The number of hydrogen-bond acceptors (Lipinski definition) is 5. The minimum Gasteiger partial charge on any atom is -0.481 e. The van der Waals surface area contributed by atoms with Crippen LogP contribution < -0.4 is 0 Å². The number of rotatable bonds is 6. The molecule has 3 rings (SSSR count). The van der Waals surface area contributed by atoms with Crippen molar-refractivity contribution in [1.29, 1.82) is 0 Å². The smallest absolute Gasteiger partial charge is 0.425 e. The summed E-state index contributed by atoms with van der Waals surface area (Å²) in [5, 5.41) is 6.56. The van der Waals surface area contributed by atoms with Crippen LogP contribution in [-0.2, 0) is 26.0 Å². The molecule has 0 saturated heterocycles. The molecule has 0 heterocycles. The summed E-state index contributed by atoms with van der Waals surface area (Å²) in [4.78, 5) is 23.3. The van der Waals surface area contributed by atoms with Gasteiger partial charge < -0.3 is 9.84 Å². The Morgan fingerprint density at radius 1 is 1.04 bits per heavy atom. The fraction of sp³-hybridized carbons (Fsp3) is 0.238. The molecule has 2 aromatic carbocycles. The first-order valence-corrected chi connectivity index (χ1v) is 10.4. The zero-order valence-electron chi connectivity index (χ0n) is 15.1. The third-order valence-electron chi connectivity index (χ3n) is 4.62. The Kier molecular flexibility index (Phi) is 5.94. The van der Waals surface area contributed by atoms with Crippen LogP contribution in [-0.4, -0.2) is 24.8 Å². The Bertz CT molecular complexity index is 1010. The monoisotopic (exact) mass is 400 g/mol. The summed E-state index contributed by atoms with van der Waals surface area (Å²) >= 11 is 0. The van der Waals surface area contributed by atoms with Crippen LogP contribution in [0.1, 0.15) is 41.2 Å². The van der Waals surface area contributed by atoms with Crippen molar-refractivity contribution in [3.63, 3.8) is 0 Å². The predicted molar refractivity (Wildman–Crippen MR) is 104 cm³/mol. The highest BCUT2D eigenvalue weighted by atomic mass is 32.2. The van der Waals surface area contributed by atoms with Gasteiger partial charge in [-0.05, 0) is 29.5 Å². The number of fused-ring (bicyclic) bond motifs is 1. The molecule has 1 N–H and O–H groups in total. The minimum atomic E-state index is -4.27. The molecule has 6 nitrogen and oxygen atoms in total. The molecule has 1 unspecified atom stereocenters. The van der Waals surface area contributed by atoms with Crippen molar-refractivity contribution in [2.24, 2.45) is 0 Å². The lowest BCUT2D eigenvalue weighted by Crippen LogP contribution is -2.26. The molecule has 1 aliphatic rings. The number of aliphatic carboxylic acids is 1. The van der Waals surface area contributed by atoms with Gasteiger partial charge in [-0.25, -0.2) is 13.2 Å². The van der Waals surface area contributed by atoms with E-state index in [4.69, 9.17) is 9.84 Å². The molecular weight excluding hydrogens is 380 g/mol. The second-order valence-electron chi connectivity index (χ2n) is 6.59. The van der Waals surface area contributed by atoms with E-state index in [9.17, 15) is 18.0 Å². The molecule has 2 aromatic rings. The SMILES string of the molecule is O=C(O)CCC1=Cc2ccccc2C(S(=O)(=O)C(=O)OCc2ccccc2)C1. The molecule has 0 spiro atoms. The van der Waals surface area contributed by atoms with Gasteiger partial charge in [0.1, 0.15) is 11.9 Å². The van der Waals surface area contributed by atoms with Crippen LogP contribution in [0.2, 0.25) is 0 Å². The summed E-state index contributed by atoms with van der Waals surface area (Å²) in [6.45, 7) is -0.130. The summed E-state index contributed by atoms with van der Waals surface area (Å²) in [6, 6.07) is 15.7. The van der Waals surface area contributed by atoms with Gasteiger partial charge in [-0.1, -0.05) is 66.2 Å². The van der Waals surface area contributed by atoms with Crippen LogP contribution in [0.25, 0.3) is 6.08 Å². The molecule has 7 heteroatoms. The Labute approximate surface area is 163 Å². The highest BCUT2D eigenvalue weighted by Gasteiger charge is 2.38. The molecule has 0 radical (unpaired) electrons. The molecule has 1 aliphatic carbocycles. The van der Waals surface area contributed by atoms with Crippen molar-refractivity contribution in [3.8, 4) is 0 Å². The second kappa shape index (κ2) is 8.39. The quantitative estimate of drug-likeness (QED) is 0.732. The lowest BCUT2D eigenvalue weighted by Gasteiger charge is -2.24. The fourth-order valence-corrected chi connectivity index (χ4v) is 4.63. The molecule has 0 saturated carbocycles. The van der Waals surface area contributed by atoms with Gasteiger partial charge in [-0.3, -0.25) is 4.79 Å². The lowest BCUT2D eigenvalue weighted by molar-refractivity contribution is -0.136. The van der Waals surface area contributed by atoms with E-state index < -0.39 is 26.4 Å². The van der Waals surface area contributed by atoms with E-state index in [1.807, 2.05) is 6.07 Å². The number of benzene rings is 2. The predicted octanol–water partition coefficient (Wildman–Crippen LogP) is 4.13. The molecule has 0 bridgehead atoms. The summed E-state index contributed by atoms with van der Waals surface area (Å²) in [6.07, 6.45) is 2.01. The Morgan fingerprint density at radius 3 is 2.43 bits per heavy atom. The van der Waals surface area contributed by atoms with E-state index in [1.54, 1.807) is 54.6 Å². The zero-order valence-corrected chi connectivity index (χ0v) is 15.9. The molecule has 0 aromatic heterocycles. The van der Waals surface area contributed by atoms with Gasteiger partial charge in [-0.2, -0.15) is 0 Å². The largest absolute Gasteiger partial charge is 0.481 e. The summed E-state index contributed by atoms with van der Waals surface area (Å²) in [5.41, 5.74) is 2.58. The fourth-order valence-electron chi connectivity index (χ4n) is 3.20. The van der Waals surface area contributed by atoms with Crippen molar-refractivity contribution in [2.45, 2.75) is 31.1 Å². The highest BCUT2D eigenvalue weighted by Crippen LogP contribution is 2.39. The number of carbonyl (C=O) groups is 2. The van der Waals surface area contributed by atoms with Crippen molar-refractivity contribution in [2.75, 3.05) is 0 Å². The maximum absolute atomic E-state index is 12.9. The van der Waals surface area contributed by atoms with E-state index in [-0.39, 0.29) is 25.9 Å². The molecule has 146 valence electrons. The van der Waals surface area contributed by atoms with Gasteiger partial charge in [-0.15, -0.1) is 0 Å². The van der Waals surface area contributed by atoms with E-state index >= 15 is 0 Å². The maximum Gasteiger partial charge on any atom is 0.425 e. The number of carbonyl (C=O) groups excluding carboxylic acids is 1. The number of hydrogen-bond donors (Lipinski definition) is 1. The van der Waals surface area contributed by atoms with Gasteiger partial charge in [0.15, 0.2) is 0 Å². The van der Waals surface area contributed by atoms with Gasteiger partial charge in [0.25, 0.3) is 9.84 Å². The zero-order chi connectivity index (χ0) is 20.1. The van der Waals surface area contributed by atoms with Gasteiger partial charge in [0.05, 0.1) is 0 Å². The maximum atomic E-state index is 12.9. The molecular formula is C21H20O6S. The number of allylic oxidation sites excluding steroid dienone is 1. The third kappa shape index (κ3) is 4.48. The number of ether oxygens (including phenoxy) is 1. The molecule has 1 atom stereocenters. The van der Waals surface area contributed by atoms with Gasteiger partial charge in [0, 0.05) is 6.42 Å². The first kappa shape index (κ1) is 19.8. The van der Waals surface area contributed by atoms with E-state index in [0.717, 1.165) is 0 Å². The van der Waals surface area contributed by atoms with Crippen LogP contribution in [0, 0.1) is 0 Å². The van der Waals surface area contributed by atoms with Crippen molar-refractivity contribution >= 4 is 27.2 Å². The number of carboxylic acids is 1. The van der Waals surface area contributed by atoms with E-state index in [2.05, 4.69) is 0 Å². The standard InChI is InChI=1S/C21H20O6S/c22-20(23)11-10-16-12-17-8-4-5-9-18(17)19(13-16)28(25,26)21(24)27-14-15-6-2-1-3-7-15/h1-9,12,19H,10-11,13-14H2,(H,22,23). The van der Waals surface area contributed by atoms with Crippen molar-refractivity contribution < 1.29 is 27.9 Å². The van der Waals surface area contributed by atoms with Crippen LogP contribution in [0.5, 0.6) is 0 Å². The molecule has 28 heavy (non-hydrogen) atoms. The summed E-state index contributed by atoms with van der Waals surface area (Å²) in [7, 11) is -4.27. The average molecular weight is 400 g/mol.